The molecule has 0 saturated carbocycles. The zero-order chi connectivity index (χ0) is 9.14. The van der Waals surface area contributed by atoms with Gasteiger partial charge in [0, 0.05) is 6.54 Å². The van der Waals surface area contributed by atoms with Crippen molar-refractivity contribution in [2.45, 2.75) is 31.9 Å². The van der Waals surface area contributed by atoms with E-state index >= 15 is 0 Å². The second kappa shape index (κ2) is 3.87. The van der Waals surface area contributed by atoms with E-state index in [1.54, 1.807) is 0 Å². The van der Waals surface area contributed by atoms with Gasteiger partial charge in [-0.3, -0.25) is 9.69 Å². The molecule has 0 bridgehead atoms. The second-order valence-electron chi connectivity index (χ2n) is 3.18. The molecule has 1 fully saturated rings. The minimum Gasteiger partial charge on any atom is -0.480 e. The molecular formula is C8H15NO3. The molecule has 2 N–H and O–H groups in total. The van der Waals surface area contributed by atoms with Crippen molar-refractivity contribution in [1.82, 2.24) is 4.90 Å². The van der Waals surface area contributed by atoms with Gasteiger partial charge in [0.2, 0.25) is 0 Å². The molecule has 0 radical (unpaired) electrons. The van der Waals surface area contributed by atoms with Crippen molar-refractivity contribution in [2.75, 3.05) is 13.1 Å². The number of rotatable bonds is 3. The van der Waals surface area contributed by atoms with E-state index in [0.717, 1.165) is 13.0 Å². The molecular weight excluding hydrogens is 158 g/mol. The lowest BCUT2D eigenvalue weighted by molar-refractivity contribution is -0.144. The predicted molar refractivity (Wildman–Crippen MR) is 43.9 cm³/mol. The Kier molecular flexibility index (Phi) is 3.05. The van der Waals surface area contributed by atoms with E-state index in [1.807, 2.05) is 11.8 Å². The molecule has 1 rings (SSSR count). The molecule has 0 aromatic heterocycles. The number of aliphatic hydroxyl groups is 1. The summed E-state index contributed by atoms with van der Waals surface area (Å²) in [5.41, 5.74) is 0. The fraction of sp³-hybridized carbons (Fsp3) is 0.875. The van der Waals surface area contributed by atoms with Crippen molar-refractivity contribution in [3.63, 3.8) is 0 Å². The van der Waals surface area contributed by atoms with Gasteiger partial charge in [-0.1, -0.05) is 6.92 Å². The zero-order valence-electron chi connectivity index (χ0n) is 7.23. The molecule has 4 heteroatoms. The van der Waals surface area contributed by atoms with Gasteiger partial charge in [-0.25, -0.2) is 0 Å². The lowest BCUT2D eigenvalue weighted by atomic mass is 10.2. The third kappa shape index (κ3) is 1.76. The third-order valence-electron chi connectivity index (χ3n) is 2.23. The summed E-state index contributed by atoms with van der Waals surface area (Å²) in [5.74, 6) is -0.909. The first-order valence-corrected chi connectivity index (χ1v) is 4.31. The van der Waals surface area contributed by atoms with Crippen LogP contribution in [0.15, 0.2) is 0 Å². The number of hydrogen-bond donors (Lipinski definition) is 2. The highest BCUT2D eigenvalue weighted by Gasteiger charge is 2.37. The molecule has 1 aliphatic rings. The van der Waals surface area contributed by atoms with Crippen LogP contribution in [-0.4, -0.2) is 46.3 Å². The maximum Gasteiger partial charge on any atom is 0.323 e. The molecule has 1 heterocycles. The Morgan fingerprint density at radius 2 is 2.33 bits per heavy atom. The van der Waals surface area contributed by atoms with Crippen LogP contribution in [0.1, 0.15) is 19.8 Å². The fourth-order valence-electron chi connectivity index (χ4n) is 1.70. The summed E-state index contributed by atoms with van der Waals surface area (Å²) in [5, 5.41) is 18.1. The molecule has 0 aromatic carbocycles. The highest BCUT2D eigenvalue weighted by molar-refractivity contribution is 5.74. The number of carbonyl (C=O) groups is 1. The molecule has 0 amide bonds. The number of nitrogens with zero attached hydrogens (tertiary/aromatic N) is 1. The average molecular weight is 173 g/mol. The molecule has 4 nitrogen and oxygen atoms in total. The Bertz CT molecular complexity index is 170. The van der Waals surface area contributed by atoms with Crippen molar-refractivity contribution >= 4 is 5.97 Å². The summed E-state index contributed by atoms with van der Waals surface area (Å²) >= 11 is 0. The summed E-state index contributed by atoms with van der Waals surface area (Å²) in [6.07, 6.45) is 0.821. The number of hydrogen-bond acceptors (Lipinski definition) is 3. The van der Waals surface area contributed by atoms with E-state index in [0.29, 0.717) is 13.0 Å². The first kappa shape index (κ1) is 9.48. The van der Waals surface area contributed by atoms with E-state index < -0.39 is 18.1 Å². The van der Waals surface area contributed by atoms with Crippen LogP contribution in [0, 0.1) is 0 Å². The average Bonchev–Trinajstić information content (AvgIpc) is 2.32. The molecule has 12 heavy (non-hydrogen) atoms. The van der Waals surface area contributed by atoms with E-state index in [-0.39, 0.29) is 0 Å². The van der Waals surface area contributed by atoms with Gasteiger partial charge in [-0.2, -0.15) is 0 Å². The minimum absolute atomic E-state index is 0.580. The largest absolute Gasteiger partial charge is 0.480 e. The number of aliphatic carboxylic acids is 1. The summed E-state index contributed by atoms with van der Waals surface area (Å²) in [6, 6.07) is -0.676. The lowest BCUT2D eigenvalue weighted by Crippen LogP contribution is -2.42. The van der Waals surface area contributed by atoms with Crippen LogP contribution >= 0.6 is 0 Å². The molecule has 2 atom stereocenters. The molecule has 1 aliphatic heterocycles. The Hall–Kier alpha value is -0.610. The van der Waals surface area contributed by atoms with Crippen molar-refractivity contribution < 1.29 is 15.0 Å². The second-order valence-corrected chi connectivity index (χ2v) is 3.18. The van der Waals surface area contributed by atoms with Gasteiger partial charge in [-0.05, 0) is 19.4 Å². The summed E-state index contributed by atoms with van der Waals surface area (Å²) in [7, 11) is 0. The van der Waals surface area contributed by atoms with Crippen LogP contribution in [0.4, 0.5) is 0 Å². The highest BCUT2D eigenvalue weighted by atomic mass is 16.4. The van der Waals surface area contributed by atoms with Crippen LogP contribution in [0.5, 0.6) is 0 Å². The first-order valence-electron chi connectivity index (χ1n) is 4.31. The van der Waals surface area contributed by atoms with Gasteiger partial charge in [0.1, 0.15) is 6.04 Å². The van der Waals surface area contributed by atoms with Crippen LogP contribution in [-0.2, 0) is 4.79 Å². The standard InChI is InChI=1S/C8H15NO3/c1-2-4-9-5-3-6(10)7(9)8(11)12/h6-7,10H,2-5H2,1H3,(H,11,12). The van der Waals surface area contributed by atoms with Gasteiger partial charge < -0.3 is 10.2 Å². The first-order chi connectivity index (χ1) is 5.66. The normalized spacial score (nSPS) is 30.8. The monoisotopic (exact) mass is 173 g/mol. The predicted octanol–water partition coefficient (Wildman–Crippen LogP) is -0.0838. The van der Waals surface area contributed by atoms with E-state index in [1.165, 1.54) is 0 Å². The number of carboxylic acids is 1. The van der Waals surface area contributed by atoms with Gasteiger partial charge in [0.15, 0.2) is 0 Å². The molecule has 2 unspecified atom stereocenters. The van der Waals surface area contributed by atoms with E-state index in [4.69, 9.17) is 5.11 Å². The van der Waals surface area contributed by atoms with Crippen molar-refractivity contribution in [1.29, 1.82) is 0 Å². The van der Waals surface area contributed by atoms with Gasteiger partial charge in [0.05, 0.1) is 6.10 Å². The summed E-state index contributed by atoms with van der Waals surface area (Å²) < 4.78 is 0. The van der Waals surface area contributed by atoms with Crippen LogP contribution in [0.2, 0.25) is 0 Å². The van der Waals surface area contributed by atoms with Gasteiger partial charge >= 0.3 is 5.97 Å². The number of likely N-dealkylation sites (tertiary alicyclic amines) is 1. The van der Waals surface area contributed by atoms with Crippen molar-refractivity contribution in [3.8, 4) is 0 Å². The van der Waals surface area contributed by atoms with Crippen molar-refractivity contribution in [3.05, 3.63) is 0 Å². The van der Waals surface area contributed by atoms with Gasteiger partial charge in [0.25, 0.3) is 0 Å². The van der Waals surface area contributed by atoms with Crippen molar-refractivity contribution in [2.24, 2.45) is 0 Å². The SMILES string of the molecule is CCCN1CCC(O)C1C(=O)O. The number of carboxylic acid groups (broad SMARTS) is 1. The third-order valence-corrected chi connectivity index (χ3v) is 2.23. The fourth-order valence-corrected chi connectivity index (χ4v) is 1.70. The maximum absolute atomic E-state index is 10.7. The van der Waals surface area contributed by atoms with Crippen LogP contribution in [0.3, 0.4) is 0 Å². The topological polar surface area (TPSA) is 60.8 Å². The number of aliphatic hydroxyl groups excluding tert-OH is 1. The molecule has 1 saturated heterocycles. The molecule has 0 aromatic rings. The minimum atomic E-state index is -0.909. The zero-order valence-corrected chi connectivity index (χ0v) is 7.23. The van der Waals surface area contributed by atoms with Crippen LogP contribution < -0.4 is 0 Å². The van der Waals surface area contributed by atoms with E-state index in [9.17, 15) is 9.90 Å². The quantitative estimate of drug-likeness (QED) is 0.626. The molecule has 0 spiro atoms. The molecule has 0 aliphatic carbocycles. The van der Waals surface area contributed by atoms with E-state index in [2.05, 4.69) is 0 Å². The summed E-state index contributed by atoms with van der Waals surface area (Å²) in [4.78, 5) is 12.5. The highest BCUT2D eigenvalue weighted by Crippen LogP contribution is 2.17. The Morgan fingerprint density at radius 1 is 1.67 bits per heavy atom. The smallest absolute Gasteiger partial charge is 0.323 e. The lowest BCUT2D eigenvalue weighted by Gasteiger charge is -2.21. The Labute approximate surface area is 71.8 Å². The Morgan fingerprint density at radius 3 is 2.83 bits per heavy atom. The summed E-state index contributed by atoms with van der Waals surface area (Å²) in [6.45, 7) is 3.46. The van der Waals surface area contributed by atoms with Crippen LogP contribution in [0.25, 0.3) is 0 Å². The van der Waals surface area contributed by atoms with Gasteiger partial charge in [-0.15, -0.1) is 0 Å². The maximum atomic E-state index is 10.7. The molecule has 70 valence electrons. The Balaban J connectivity index is 2.57.